The van der Waals surface area contributed by atoms with Gasteiger partial charge in [-0.3, -0.25) is 0 Å². The van der Waals surface area contributed by atoms with Crippen LogP contribution in [0.5, 0.6) is 0 Å². The molecule has 1 saturated heterocycles. The average Bonchev–Trinajstić information content (AvgIpc) is 1.85. The largest absolute Gasteiger partial charge is 0.312 e. The molecule has 0 amide bonds. The molecule has 2 nitrogen and oxygen atoms in total. The Morgan fingerprint density at radius 3 is 2.82 bits per heavy atom. The van der Waals surface area contributed by atoms with Crippen LogP contribution in [-0.2, 0) is 0 Å². The molecule has 66 valence electrons. The second kappa shape index (κ2) is 4.07. The quantitative estimate of drug-likeness (QED) is 0.640. The highest BCUT2D eigenvalue weighted by molar-refractivity contribution is 4.75. The van der Waals surface area contributed by atoms with Crippen LogP contribution in [0.3, 0.4) is 0 Å². The minimum atomic E-state index is 0.683. The molecular weight excluding hydrogens is 136 g/mol. The van der Waals surface area contributed by atoms with E-state index in [9.17, 15) is 0 Å². The first-order valence-corrected chi connectivity index (χ1v) is 4.64. The first-order valence-electron chi connectivity index (χ1n) is 4.64. The summed E-state index contributed by atoms with van der Waals surface area (Å²) < 4.78 is 0. The summed E-state index contributed by atoms with van der Waals surface area (Å²) in [5.41, 5.74) is 0. The van der Waals surface area contributed by atoms with Crippen molar-refractivity contribution in [2.75, 3.05) is 26.2 Å². The average molecular weight is 156 g/mol. The molecule has 1 fully saturated rings. The zero-order valence-electron chi connectivity index (χ0n) is 7.93. The van der Waals surface area contributed by atoms with Crippen LogP contribution in [-0.4, -0.2) is 37.1 Å². The van der Waals surface area contributed by atoms with Crippen LogP contribution in [0.25, 0.3) is 0 Å². The van der Waals surface area contributed by atoms with Crippen molar-refractivity contribution < 1.29 is 0 Å². The third-order valence-corrected chi connectivity index (χ3v) is 2.08. The van der Waals surface area contributed by atoms with Crippen LogP contribution in [0, 0.1) is 5.92 Å². The summed E-state index contributed by atoms with van der Waals surface area (Å²) in [4.78, 5) is 2.55. The Morgan fingerprint density at radius 2 is 2.27 bits per heavy atom. The van der Waals surface area contributed by atoms with Crippen LogP contribution in [0.2, 0.25) is 0 Å². The summed E-state index contributed by atoms with van der Waals surface area (Å²) in [6.07, 6.45) is 0. The van der Waals surface area contributed by atoms with Crippen molar-refractivity contribution in [3.05, 3.63) is 0 Å². The van der Waals surface area contributed by atoms with E-state index in [1.165, 1.54) is 19.6 Å². The van der Waals surface area contributed by atoms with E-state index in [2.05, 4.69) is 31.0 Å². The highest BCUT2D eigenvalue weighted by Crippen LogP contribution is 2.02. The number of nitrogens with zero attached hydrogens (tertiary/aromatic N) is 1. The van der Waals surface area contributed by atoms with E-state index >= 15 is 0 Å². The van der Waals surface area contributed by atoms with Gasteiger partial charge in [0.2, 0.25) is 0 Å². The lowest BCUT2D eigenvalue weighted by Crippen LogP contribution is -2.50. The van der Waals surface area contributed by atoms with E-state index in [0.717, 1.165) is 12.5 Å². The van der Waals surface area contributed by atoms with E-state index in [-0.39, 0.29) is 0 Å². The zero-order chi connectivity index (χ0) is 8.27. The summed E-state index contributed by atoms with van der Waals surface area (Å²) in [6, 6.07) is 0.683. The molecule has 0 aromatic rings. The second-order valence-electron chi connectivity index (χ2n) is 4.01. The highest BCUT2D eigenvalue weighted by Gasteiger charge is 2.15. The van der Waals surface area contributed by atoms with Crippen molar-refractivity contribution in [1.82, 2.24) is 10.2 Å². The van der Waals surface area contributed by atoms with E-state index in [1.54, 1.807) is 0 Å². The summed E-state index contributed by atoms with van der Waals surface area (Å²) in [5, 5.41) is 3.44. The van der Waals surface area contributed by atoms with Crippen molar-refractivity contribution in [3.8, 4) is 0 Å². The third kappa shape index (κ3) is 3.21. The van der Waals surface area contributed by atoms with Gasteiger partial charge in [-0.1, -0.05) is 13.8 Å². The molecule has 2 heteroatoms. The molecule has 0 aliphatic carbocycles. The van der Waals surface area contributed by atoms with Gasteiger partial charge >= 0.3 is 0 Å². The van der Waals surface area contributed by atoms with Crippen molar-refractivity contribution >= 4 is 0 Å². The Kier molecular flexibility index (Phi) is 3.34. The number of hydrogen-bond donors (Lipinski definition) is 1. The molecule has 0 bridgehead atoms. The maximum atomic E-state index is 3.44. The van der Waals surface area contributed by atoms with Gasteiger partial charge in [0.05, 0.1) is 0 Å². The van der Waals surface area contributed by atoms with Gasteiger partial charge in [-0.25, -0.2) is 0 Å². The predicted molar refractivity (Wildman–Crippen MR) is 48.7 cm³/mol. The molecule has 1 rings (SSSR count). The molecule has 0 saturated carbocycles. The Morgan fingerprint density at radius 1 is 1.55 bits per heavy atom. The maximum Gasteiger partial charge on any atom is 0.0167 e. The molecule has 0 spiro atoms. The van der Waals surface area contributed by atoms with Crippen LogP contribution in [0.1, 0.15) is 20.8 Å². The smallest absolute Gasteiger partial charge is 0.0167 e. The van der Waals surface area contributed by atoms with Gasteiger partial charge in [0.15, 0.2) is 0 Å². The highest BCUT2D eigenvalue weighted by atomic mass is 15.2. The van der Waals surface area contributed by atoms with Gasteiger partial charge in [-0.15, -0.1) is 0 Å². The van der Waals surface area contributed by atoms with Crippen LogP contribution in [0.4, 0.5) is 0 Å². The lowest BCUT2D eigenvalue weighted by molar-refractivity contribution is 0.188. The summed E-state index contributed by atoms with van der Waals surface area (Å²) in [5.74, 6) is 0.806. The fourth-order valence-corrected chi connectivity index (χ4v) is 1.69. The van der Waals surface area contributed by atoms with Crippen LogP contribution < -0.4 is 5.32 Å². The van der Waals surface area contributed by atoms with Gasteiger partial charge in [0.25, 0.3) is 0 Å². The van der Waals surface area contributed by atoms with Crippen molar-refractivity contribution in [1.29, 1.82) is 0 Å². The Hall–Kier alpha value is -0.0800. The van der Waals surface area contributed by atoms with E-state index in [1.807, 2.05) is 0 Å². The minimum Gasteiger partial charge on any atom is -0.312 e. The number of piperazine rings is 1. The fourth-order valence-electron chi connectivity index (χ4n) is 1.69. The molecular formula is C9H20N2. The lowest BCUT2D eigenvalue weighted by Gasteiger charge is -2.32. The standard InChI is InChI=1S/C9H20N2/c1-8(2)6-11-5-4-10-9(3)7-11/h8-10H,4-7H2,1-3H3/t9-/m1/s1. The molecule has 1 N–H and O–H groups in total. The monoisotopic (exact) mass is 156 g/mol. The maximum absolute atomic E-state index is 3.44. The predicted octanol–water partition coefficient (Wildman–Crippen LogP) is 0.936. The molecule has 0 radical (unpaired) electrons. The topological polar surface area (TPSA) is 15.3 Å². The van der Waals surface area contributed by atoms with Gasteiger partial charge in [0, 0.05) is 32.2 Å². The van der Waals surface area contributed by atoms with Crippen molar-refractivity contribution in [2.45, 2.75) is 26.8 Å². The second-order valence-corrected chi connectivity index (χ2v) is 4.01. The molecule has 1 aliphatic rings. The molecule has 0 aromatic carbocycles. The third-order valence-electron chi connectivity index (χ3n) is 2.08. The Bertz CT molecular complexity index is 110. The van der Waals surface area contributed by atoms with Gasteiger partial charge < -0.3 is 10.2 Å². The van der Waals surface area contributed by atoms with Crippen LogP contribution >= 0.6 is 0 Å². The molecule has 0 aromatic heterocycles. The van der Waals surface area contributed by atoms with Gasteiger partial charge in [0.1, 0.15) is 0 Å². The molecule has 0 unspecified atom stereocenters. The number of hydrogen-bond acceptors (Lipinski definition) is 2. The summed E-state index contributed by atoms with van der Waals surface area (Å²) in [6.45, 7) is 11.7. The van der Waals surface area contributed by atoms with E-state index < -0.39 is 0 Å². The van der Waals surface area contributed by atoms with E-state index in [4.69, 9.17) is 0 Å². The van der Waals surface area contributed by atoms with Gasteiger partial charge in [-0.2, -0.15) is 0 Å². The first kappa shape index (κ1) is 9.01. The number of rotatable bonds is 2. The fraction of sp³-hybridized carbons (Fsp3) is 1.00. The molecule has 11 heavy (non-hydrogen) atoms. The molecule has 1 heterocycles. The SMILES string of the molecule is CC(C)CN1CCN[C@H](C)C1. The Labute approximate surface area is 70.0 Å². The Balaban J connectivity index is 2.23. The van der Waals surface area contributed by atoms with Crippen molar-refractivity contribution in [2.24, 2.45) is 5.92 Å². The lowest BCUT2D eigenvalue weighted by atomic mass is 10.1. The minimum absolute atomic E-state index is 0.683. The first-order chi connectivity index (χ1) is 5.18. The summed E-state index contributed by atoms with van der Waals surface area (Å²) >= 11 is 0. The summed E-state index contributed by atoms with van der Waals surface area (Å²) in [7, 11) is 0. The number of nitrogens with one attached hydrogen (secondary N) is 1. The van der Waals surface area contributed by atoms with Gasteiger partial charge in [-0.05, 0) is 12.8 Å². The van der Waals surface area contributed by atoms with Crippen LogP contribution in [0.15, 0.2) is 0 Å². The molecule has 1 atom stereocenters. The van der Waals surface area contributed by atoms with Crippen molar-refractivity contribution in [3.63, 3.8) is 0 Å². The van der Waals surface area contributed by atoms with E-state index in [0.29, 0.717) is 6.04 Å². The normalized spacial score (nSPS) is 27.8. The molecule has 1 aliphatic heterocycles. The zero-order valence-corrected chi connectivity index (χ0v) is 7.93.